The van der Waals surface area contributed by atoms with Crippen LogP contribution in [0.25, 0.3) is 0 Å². The molecule has 24 heavy (non-hydrogen) atoms. The number of rotatable bonds is 7. The van der Waals surface area contributed by atoms with Gasteiger partial charge in [-0.15, -0.1) is 0 Å². The Labute approximate surface area is 142 Å². The highest BCUT2D eigenvalue weighted by molar-refractivity contribution is 5.79. The predicted molar refractivity (Wildman–Crippen MR) is 95.0 cm³/mol. The normalized spacial score (nSPS) is 14.8. The fourth-order valence-electron chi connectivity index (χ4n) is 2.46. The lowest BCUT2D eigenvalue weighted by molar-refractivity contribution is 0.108. The summed E-state index contributed by atoms with van der Waals surface area (Å²) in [5.74, 6) is 0.837. The summed E-state index contributed by atoms with van der Waals surface area (Å²) >= 11 is 0. The van der Waals surface area contributed by atoms with E-state index in [9.17, 15) is 0 Å². The Morgan fingerprint density at radius 1 is 0.958 bits per heavy atom. The predicted octanol–water partition coefficient (Wildman–Crippen LogP) is 2.95. The number of benzene rings is 2. The molecule has 5 nitrogen and oxygen atoms in total. The molecule has 1 aliphatic heterocycles. The van der Waals surface area contributed by atoms with Gasteiger partial charge in [0.25, 0.3) is 0 Å². The van der Waals surface area contributed by atoms with Gasteiger partial charge in [-0.1, -0.05) is 35.5 Å². The van der Waals surface area contributed by atoms with Crippen LogP contribution in [0.3, 0.4) is 0 Å². The van der Waals surface area contributed by atoms with E-state index >= 15 is 0 Å². The van der Waals surface area contributed by atoms with Crippen LogP contribution in [0.15, 0.2) is 59.8 Å². The monoisotopic (exact) mass is 326 g/mol. The number of hydrogen-bond donors (Lipinski definition) is 0. The zero-order valence-corrected chi connectivity index (χ0v) is 13.6. The molecule has 0 saturated carbocycles. The number of ether oxygens (including phenoxy) is 2. The fourth-order valence-corrected chi connectivity index (χ4v) is 2.46. The Morgan fingerprint density at radius 3 is 2.46 bits per heavy atom. The summed E-state index contributed by atoms with van der Waals surface area (Å²) in [7, 11) is 0. The summed E-state index contributed by atoms with van der Waals surface area (Å²) in [6.07, 6.45) is 1.71. The molecule has 5 heteroatoms. The first kappa shape index (κ1) is 16.3. The van der Waals surface area contributed by atoms with Crippen molar-refractivity contribution in [2.75, 3.05) is 44.4 Å². The van der Waals surface area contributed by atoms with E-state index in [1.165, 1.54) is 5.69 Å². The molecule has 1 saturated heterocycles. The van der Waals surface area contributed by atoms with Crippen LogP contribution in [0.4, 0.5) is 5.69 Å². The molecule has 2 aromatic carbocycles. The summed E-state index contributed by atoms with van der Waals surface area (Å²) in [5, 5.41) is 3.98. The van der Waals surface area contributed by atoms with Gasteiger partial charge in [0.05, 0.1) is 19.4 Å². The minimum absolute atomic E-state index is 0.414. The van der Waals surface area contributed by atoms with Crippen molar-refractivity contribution in [1.82, 2.24) is 0 Å². The third-order valence-corrected chi connectivity index (χ3v) is 3.73. The lowest BCUT2D eigenvalue weighted by Gasteiger charge is -2.28. The van der Waals surface area contributed by atoms with Crippen LogP contribution in [0.2, 0.25) is 0 Å². The average molecular weight is 326 g/mol. The molecule has 1 fully saturated rings. The van der Waals surface area contributed by atoms with Gasteiger partial charge < -0.3 is 19.2 Å². The molecule has 0 N–H and O–H groups in total. The van der Waals surface area contributed by atoms with E-state index < -0.39 is 0 Å². The Balaban J connectivity index is 1.38. The van der Waals surface area contributed by atoms with Gasteiger partial charge in [-0.3, -0.25) is 0 Å². The topological polar surface area (TPSA) is 43.3 Å². The Kier molecular flexibility index (Phi) is 6.08. The van der Waals surface area contributed by atoms with Gasteiger partial charge in [-0.05, 0) is 29.8 Å². The quantitative estimate of drug-likeness (QED) is 0.446. The van der Waals surface area contributed by atoms with Crippen LogP contribution in [0, 0.1) is 0 Å². The third kappa shape index (κ3) is 4.99. The van der Waals surface area contributed by atoms with Crippen molar-refractivity contribution in [1.29, 1.82) is 0 Å². The van der Waals surface area contributed by atoms with Crippen molar-refractivity contribution in [3.05, 3.63) is 60.2 Å². The van der Waals surface area contributed by atoms with Gasteiger partial charge in [0.1, 0.15) is 12.4 Å². The highest BCUT2D eigenvalue weighted by atomic mass is 16.6. The minimum Gasteiger partial charge on any atom is -0.490 e. The van der Waals surface area contributed by atoms with Gasteiger partial charge in [0.2, 0.25) is 0 Å². The first-order valence-corrected chi connectivity index (χ1v) is 8.18. The lowest BCUT2D eigenvalue weighted by Crippen LogP contribution is -2.36. The van der Waals surface area contributed by atoms with E-state index in [0.717, 1.165) is 37.6 Å². The summed E-state index contributed by atoms with van der Waals surface area (Å²) in [5.41, 5.74) is 2.23. The average Bonchev–Trinajstić information content (AvgIpc) is 2.67. The smallest absolute Gasteiger partial charge is 0.151 e. The van der Waals surface area contributed by atoms with Crippen LogP contribution in [-0.4, -0.2) is 45.7 Å². The molecule has 126 valence electrons. The summed E-state index contributed by atoms with van der Waals surface area (Å²) < 4.78 is 10.9. The molecule has 3 rings (SSSR count). The molecular weight excluding hydrogens is 304 g/mol. The zero-order chi connectivity index (χ0) is 16.5. The Morgan fingerprint density at radius 2 is 1.71 bits per heavy atom. The van der Waals surface area contributed by atoms with Crippen LogP contribution in [0.1, 0.15) is 5.56 Å². The van der Waals surface area contributed by atoms with E-state index in [2.05, 4.69) is 22.2 Å². The molecule has 0 aliphatic carbocycles. The molecule has 2 aromatic rings. The molecule has 0 atom stereocenters. The number of morpholine rings is 1. The molecule has 0 aromatic heterocycles. The maximum absolute atomic E-state index is 5.53. The maximum Gasteiger partial charge on any atom is 0.151 e. The standard InChI is InChI=1S/C19H22N2O3/c1-2-4-19(5-3-1)23-14-15-24-20-16-17-6-8-18(9-7-17)21-10-12-22-13-11-21/h1-9,16H,10-15H2. The fraction of sp³-hybridized carbons (Fsp3) is 0.316. The van der Waals surface area contributed by atoms with E-state index in [1.807, 2.05) is 42.5 Å². The second-order valence-electron chi connectivity index (χ2n) is 5.42. The summed E-state index contributed by atoms with van der Waals surface area (Å²) in [6.45, 7) is 4.36. The summed E-state index contributed by atoms with van der Waals surface area (Å²) in [4.78, 5) is 7.54. The van der Waals surface area contributed by atoms with E-state index in [-0.39, 0.29) is 0 Å². The Hall–Kier alpha value is -2.53. The van der Waals surface area contributed by atoms with Crippen molar-refractivity contribution in [2.24, 2.45) is 5.16 Å². The van der Waals surface area contributed by atoms with E-state index in [1.54, 1.807) is 6.21 Å². The van der Waals surface area contributed by atoms with Crippen molar-refractivity contribution < 1.29 is 14.3 Å². The molecule has 1 heterocycles. The molecule has 0 unspecified atom stereocenters. The molecule has 1 aliphatic rings. The highest BCUT2D eigenvalue weighted by Crippen LogP contribution is 2.16. The Bertz CT molecular complexity index is 623. The van der Waals surface area contributed by atoms with Gasteiger partial charge in [-0.25, -0.2) is 0 Å². The maximum atomic E-state index is 5.53. The van der Waals surface area contributed by atoms with E-state index in [4.69, 9.17) is 14.3 Å². The third-order valence-electron chi connectivity index (χ3n) is 3.73. The summed E-state index contributed by atoms with van der Waals surface area (Å²) in [6, 6.07) is 18.0. The van der Waals surface area contributed by atoms with Crippen LogP contribution >= 0.6 is 0 Å². The van der Waals surface area contributed by atoms with Crippen LogP contribution in [0.5, 0.6) is 5.75 Å². The zero-order valence-electron chi connectivity index (χ0n) is 13.6. The van der Waals surface area contributed by atoms with Gasteiger partial charge in [0.15, 0.2) is 6.61 Å². The molecule has 0 spiro atoms. The first-order valence-electron chi connectivity index (χ1n) is 8.18. The lowest BCUT2D eigenvalue weighted by atomic mass is 10.2. The van der Waals surface area contributed by atoms with E-state index in [0.29, 0.717) is 13.2 Å². The largest absolute Gasteiger partial charge is 0.490 e. The van der Waals surface area contributed by atoms with Crippen molar-refractivity contribution in [2.45, 2.75) is 0 Å². The number of para-hydroxylation sites is 1. The molecular formula is C19H22N2O3. The van der Waals surface area contributed by atoms with Crippen LogP contribution < -0.4 is 9.64 Å². The van der Waals surface area contributed by atoms with Gasteiger partial charge in [-0.2, -0.15) is 0 Å². The number of oxime groups is 1. The second kappa shape index (κ2) is 8.93. The number of anilines is 1. The van der Waals surface area contributed by atoms with Crippen molar-refractivity contribution >= 4 is 11.9 Å². The SMILES string of the molecule is C(=NOCCOc1ccccc1)c1ccc(N2CCOCC2)cc1. The van der Waals surface area contributed by atoms with Crippen molar-refractivity contribution in [3.63, 3.8) is 0 Å². The molecule has 0 radical (unpaired) electrons. The van der Waals surface area contributed by atoms with Gasteiger partial charge >= 0.3 is 0 Å². The first-order chi connectivity index (χ1) is 11.9. The second-order valence-corrected chi connectivity index (χ2v) is 5.42. The van der Waals surface area contributed by atoms with Gasteiger partial charge in [0, 0.05) is 18.8 Å². The van der Waals surface area contributed by atoms with Crippen LogP contribution in [-0.2, 0) is 9.57 Å². The minimum atomic E-state index is 0.414. The molecule has 0 bridgehead atoms. The number of hydrogen-bond acceptors (Lipinski definition) is 5. The molecule has 0 amide bonds. The highest BCUT2D eigenvalue weighted by Gasteiger charge is 2.10. The van der Waals surface area contributed by atoms with Crippen molar-refractivity contribution in [3.8, 4) is 5.75 Å². The number of nitrogens with zero attached hydrogens (tertiary/aromatic N) is 2.